The predicted octanol–water partition coefficient (Wildman–Crippen LogP) is 4.96. The molecule has 4 nitrogen and oxygen atoms in total. The second-order valence-corrected chi connectivity index (χ2v) is 7.62. The number of hydrogen-bond donors (Lipinski definition) is 0. The number of thioether (sulfide) groups is 1. The minimum Gasteiger partial charge on any atom is -0.383 e. The number of hydrogen-bond acceptors (Lipinski definition) is 4. The van der Waals surface area contributed by atoms with Gasteiger partial charge in [-0.15, -0.1) is 10.2 Å². The fourth-order valence-electron chi connectivity index (χ4n) is 3.22. The quantitative estimate of drug-likeness (QED) is 0.399. The zero-order valence-corrected chi connectivity index (χ0v) is 16.7. The Hall–Kier alpha value is -2.63. The highest BCUT2D eigenvalue weighted by Gasteiger charge is 2.13. The maximum atomic E-state index is 5.30. The van der Waals surface area contributed by atoms with Crippen molar-refractivity contribution in [3.63, 3.8) is 0 Å². The molecule has 0 spiro atoms. The number of ether oxygens (including phenoxy) is 1. The molecular weight excluding hydrogens is 366 g/mol. The van der Waals surface area contributed by atoms with E-state index in [1.54, 1.807) is 18.9 Å². The molecule has 1 heterocycles. The first kappa shape index (κ1) is 18.7. The van der Waals surface area contributed by atoms with Crippen LogP contribution in [0.25, 0.3) is 10.8 Å². The van der Waals surface area contributed by atoms with Crippen molar-refractivity contribution in [2.45, 2.75) is 23.9 Å². The summed E-state index contributed by atoms with van der Waals surface area (Å²) in [5.41, 5.74) is 2.52. The topological polar surface area (TPSA) is 39.9 Å². The van der Waals surface area contributed by atoms with Gasteiger partial charge in [0.15, 0.2) is 5.16 Å². The van der Waals surface area contributed by atoms with Crippen LogP contribution in [0.2, 0.25) is 0 Å². The van der Waals surface area contributed by atoms with E-state index in [1.807, 2.05) is 6.07 Å². The van der Waals surface area contributed by atoms with Crippen molar-refractivity contribution in [3.8, 4) is 0 Å². The summed E-state index contributed by atoms with van der Waals surface area (Å²) in [5, 5.41) is 12.4. The molecule has 0 N–H and O–H groups in total. The Bertz CT molecular complexity index is 1050. The van der Waals surface area contributed by atoms with Crippen molar-refractivity contribution in [2.75, 3.05) is 13.7 Å². The van der Waals surface area contributed by atoms with Crippen LogP contribution in [0.4, 0.5) is 0 Å². The highest BCUT2D eigenvalue weighted by Crippen LogP contribution is 2.25. The Labute approximate surface area is 169 Å². The number of fused-ring (bicyclic) bond motifs is 1. The van der Waals surface area contributed by atoms with Crippen molar-refractivity contribution in [1.29, 1.82) is 0 Å². The second-order valence-electron chi connectivity index (χ2n) is 6.68. The zero-order valence-electron chi connectivity index (χ0n) is 15.9. The van der Waals surface area contributed by atoms with E-state index in [4.69, 9.17) is 4.74 Å². The van der Waals surface area contributed by atoms with Gasteiger partial charge in [-0.1, -0.05) is 84.6 Å². The summed E-state index contributed by atoms with van der Waals surface area (Å²) in [6.07, 6.45) is 0.772. The lowest BCUT2D eigenvalue weighted by molar-refractivity contribution is 0.184. The predicted molar refractivity (Wildman–Crippen MR) is 115 cm³/mol. The van der Waals surface area contributed by atoms with Crippen LogP contribution in [0.15, 0.2) is 78.0 Å². The lowest BCUT2D eigenvalue weighted by Crippen LogP contribution is -2.10. The number of benzene rings is 3. The first-order chi connectivity index (χ1) is 13.8. The van der Waals surface area contributed by atoms with Gasteiger partial charge in [0.05, 0.1) is 6.61 Å². The highest BCUT2D eigenvalue weighted by molar-refractivity contribution is 7.98. The average molecular weight is 390 g/mol. The summed E-state index contributed by atoms with van der Waals surface area (Å²) in [4.78, 5) is 0. The number of aromatic nitrogens is 3. The van der Waals surface area contributed by atoms with Gasteiger partial charge in [0.25, 0.3) is 0 Å². The first-order valence-electron chi connectivity index (χ1n) is 9.39. The molecule has 0 aliphatic heterocycles. The lowest BCUT2D eigenvalue weighted by Gasteiger charge is -2.10. The molecular formula is C23H23N3OS. The molecule has 4 rings (SSSR count). The van der Waals surface area contributed by atoms with Crippen molar-refractivity contribution >= 4 is 22.5 Å². The average Bonchev–Trinajstić information content (AvgIpc) is 3.12. The van der Waals surface area contributed by atoms with Crippen LogP contribution in [-0.4, -0.2) is 28.5 Å². The van der Waals surface area contributed by atoms with E-state index in [2.05, 4.69) is 81.5 Å². The SMILES string of the molecule is COCCn1c(Cc2ccccc2)nnc1SCc1ccc2ccccc2c1. The van der Waals surface area contributed by atoms with Crippen molar-refractivity contribution in [2.24, 2.45) is 0 Å². The molecule has 1 aromatic heterocycles. The van der Waals surface area contributed by atoms with Crippen LogP contribution in [0.5, 0.6) is 0 Å². The molecule has 0 aliphatic carbocycles. The van der Waals surface area contributed by atoms with Gasteiger partial charge in [0.1, 0.15) is 5.82 Å². The van der Waals surface area contributed by atoms with Gasteiger partial charge >= 0.3 is 0 Å². The number of rotatable bonds is 8. The van der Waals surface area contributed by atoms with Crippen LogP contribution < -0.4 is 0 Å². The molecule has 0 saturated carbocycles. The molecule has 0 atom stereocenters. The molecule has 0 radical (unpaired) electrons. The van der Waals surface area contributed by atoms with E-state index in [1.165, 1.54) is 21.9 Å². The number of nitrogens with zero attached hydrogens (tertiary/aromatic N) is 3. The fourth-order valence-corrected chi connectivity index (χ4v) is 4.14. The van der Waals surface area contributed by atoms with Crippen LogP contribution in [0.1, 0.15) is 17.0 Å². The first-order valence-corrected chi connectivity index (χ1v) is 10.4. The summed E-state index contributed by atoms with van der Waals surface area (Å²) >= 11 is 1.72. The normalized spacial score (nSPS) is 11.2. The summed E-state index contributed by atoms with van der Waals surface area (Å²) in [7, 11) is 1.73. The molecule has 142 valence electrons. The van der Waals surface area contributed by atoms with E-state index in [0.717, 1.165) is 29.7 Å². The van der Waals surface area contributed by atoms with Crippen LogP contribution in [0, 0.1) is 0 Å². The smallest absolute Gasteiger partial charge is 0.191 e. The Morgan fingerprint density at radius 3 is 2.46 bits per heavy atom. The van der Waals surface area contributed by atoms with Gasteiger partial charge in [0.2, 0.25) is 0 Å². The van der Waals surface area contributed by atoms with Gasteiger partial charge < -0.3 is 9.30 Å². The lowest BCUT2D eigenvalue weighted by atomic mass is 10.1. The Balaban J connectivity index is 1.52. The fraction of sp³-hybridized carbons (Fsp3) is 0.217. The third-order valence-corrected chi connectivity index (χ3v) is 5.74. The van der Waals surface area contributed by atoms with E-state index in [0.29, 0.717) is 6.61 Å². The third kappa shape index (κ3) is 4.43. The third-order valence-electron chi connectivity index (χ3n) is 4.70. The van der Waals surface area contributed by atoms with Gasteiger partial charge in [-0.25, -0.2) is 0 Å². The van der Waals surface area contributed by atoms with Crippen molar-refractivity contribution in [3.05, 3.63) is 89.7 Å². The van der Waals surface area contributed by atoms with E-state index < -0.39 is 0 Å². The van der Waals surface area contributed by atoms with Gasteiger partial charge in [0, 0.05) is 25.8 Å². The molecule has 4 aromatic rings. The van der Waals surface area contributed by atoms with Gasteiger partial charge in [-0.3, -0.25) is 0 Å². The Kier molecular flexibility index (Phi) is 6.04. The zero-order chi connectivity index (χ0) is 19.2. The molecule has 28 heavy (non-hydrogen) atoms. The molecule has 0 amide bonds. The molecule has 0 aliphatic rings. The van der Waals surface area contributed by atoms with Crippen LogP contribution >= 0.6 is 11.8 Å². The van der Waals surface area contributed by atoms with Gasteiger partial charge in [-0.2, -0.15) is 0 Å². The van der Waals surface area contributed by atoms with Crippen molar-refractivity contribution < 1.29 is 4.74 Å². The highest BCUT2D eigenvalue weighted by atomic mass is 32.2. The Morgan fingerprint density at radius 2 is 1.64 bits per heavy atom. The molecule has 0 bridgehead atoms. The van der Waals surface area contributed by atoms with E-state index >= 15 is 0 Å². The largest absolute Gasteiger partial charge is 0.383 e. The molecule has 0 fully saturated rings. The maximum Gasteiger partial charge on any atom is 0.191 e. The maximum absolute atomic E-state index is 5.30. The van der Waals surface area contributed by atoms with Crippen LogP contribution in [0.3, 0.4) is 0 Å². The molecule has 5 heteroatoms. The second kappa shape index (κ2) is 9.04. The minimum atomic E-state index is 0.642. The molecule has 0 saturated heterocycles. The van der Waals surface area contributed by atoms with E-state index in [9.17, 15) is 0 Å². The van der Waals surface area contributed by atoms with Gasteiger partial charge in [-0.05, 0) is 21.9 Å². The Morgan fingerprint density at radius 1 is 0.857 bits per heavy atom. The monoisotopic (exact) mass is 389 g/mol. The summed E-state index contributed by atoms with van der Waals surface area (Å²) in [5.74, 6) is 1.84. The van der Waals surface area contributed by atoms with Crippen LogP contribution in [-0.2, 0) is 23.5 Å². The number of methoxy groups -OCH3 is 1. The minimum absolute atomic E-state index is 0.642. The molecule has 3 aromatic carbocycles. The summed E-state index contributed by atoms with van der Waals surface area (Å²) in [6, 6.07) is 25.5. The van der Waals surface area contributed by atoms with E-state index in [-0.39, 0.29) is 0 Å². The summed E-state index contributed by atoms with van der Waals surface area (Å²) in [6.45, 7) is 1.40. The standard InChI is InChI=1S/C23H23N3OS/c1-27-14-13-26-22(16-18-7-3-2-4-8-18)24-25-23(26)28-17-19-11-12-20-9-5-6-10-21(20)15-19/h2-12,15H,13-14,16-17H2,1H3. The van der Waals surface area contributed by atoms with Crippen molar-refractivity contribution in [1.82, 2.24) is 14.8 Å². The molecule has 0 unspecified atom stereocenters. The summed E-state index contributed by atoms with van der Waals surface area (Å²) < 4.78 is 7.48.